The van der Waals surface area contributed by atoms with E-state index in [2.05, 4.69) is 49.4 Å². The minimum Gasteiger partial charge on any atom is -0.192 e. The number of nitrogens with zero attached hydrogens (tertiary/aromatic N) is 1. The van der Waals surface area contributed by atoms with Gasteiger partial charge in [-0.15, -0.1) is 0 Å². The van der Waals surface area contributed by atoms with Gasteiger partial charge in [0.1, 0.15) is 6.07 Å². The average molecular weight is 245 g/mol. The minimum atomic E-state index is 0.838. The van der Waals surface area contributed by atoms with Crippen molar-refractivity contribution in [3.63, 3.8) is 0 Å². The minimum absolute atomic E-state index is 0.838. The van der Waals surface area contributed by atoms with Gasteiger partial charge in [0.15, 0.2) is 0 Å². The first-order chi connectivity index (χ1) is 9.33. The van der Waals surface area contributed by atoms with E-state index in [1.54, 1.807) is 0 Å². The summed E-state index contributed by atoms with van der Waals surface area (Å²) in [4.78, 5) is 0. The molecule has 0 atom stereocenters. The second-order valence-corrected chi connectivity index (χ2v) is 4.88. The molecular weight excluding hydrogens is 230 g/mol. The summed E-state index contributed by atoms with van der Waals surface area (Å²) in [7, 11) is 0. The number of hydrogen-bond acceptors (Lipinski definition) is 1. The maximum Gasteiger partial charge on any atom is 0.100 e. The molecule has 0 saturated heterocycles. The zero-order valence-corrected chi connectivity index (χ0v) is 11.0. The molecule has 0 heterocycles. The van der Waals surface area contributed by atoms with Gasteiger partial charge in [-0.3, -0.25) is 0 Å². The molecule has 19 heavy (non-hydrogen) atoms. The van der Waals surface area contributed by atoms with Crippen molar-refractivity contribution in [1.29, 1.82) is 5.26 Å². The Balaban J connectivity index is 2.38. The molecule has 0 bridgehead atoms. The van der Waals surface area contributed by atoms with Crippen LogP contribution < -0.4 is 0 Å². The van der Waals surface area contributed by atoms with Gasteiger partial charge in [0.05, 0.1) is 5.56 Å². The van der Waals surface area contributed by atoms with Crippen LogP contribution in [0.5, 0.6) is 0 Å². The van der Waals surface area contributed by atoms with Crippen LogP contribution in [0.2, 0.25) is 0 Å². The summed E-state index contributed by atoms with van der Waals surface area (Å²) in [5.74, 6) is 0. The Morgan fingerprint density at radius 1 is 0.947 bits per heavy atom. The van der Waals surface area contributed by atoms with Crippen molar-refractivity contribution in [2.75, 3.05) is 0 Å². The summed E-state index contributed by atoms with van der Waals surface area (Å²) in [6, 6.07) is 19.2. The quantitative estimate of drug-likeness (QED) is 0.594. The summed E-state index contributed by atoms with van der Waals surface area (Å²) < 4.78 is 0. The summed E-state index contributed by atoms with van der Waals surface area (Å²) in [6.45, 7) is 2.14. The smallest absolute Gasteiger partial charge is 0.100 e. The lowest BCUT2D eigenvalue weighted by molar-refractivity contribution is 0.920. The average Bonchev–Trinajstić information content (AvgIpc) is 2.45. The molecular formula is C18H15N. The fourth-order valence-electron chi connectivity index (χ4n) is 2.67. The lowest BCUT2D eigenvalue weighted by atomic mass is 9.95. The molecule has 92 valence electrons. The highest BCUT2D eigenvalue weighted by molar-refractivity contribution is 6.01. The van der Waals surface area contributed by atoms with E-state index in [0.717, 1.165) is 34.7 Å². The van der Waals surface area contributed by atoms with E-state index in [-0.39, 0.29) is 0 Å². The van der Waals surface area contributed by atoms with Crippen LogP contribution in [0.3, 0.4) is 0 Å². The number of nitriles is 1. The van der Waals surface area contributed by atoms with E-state index in [9.17, 15) is 5.26 Å². The third-order valence-electron chi connectivity index (χ3n) is 3.60. The van der Waals surface area contributed by atoms with Crippen LogP contribution in [0, 0.1) is 11.3 Å². The van der Waals surface area contributed by atoms with Crippen molar-refractivity contribution in [2.24, 2.45) is 0 Å². The highest BCUT2D eigenvalue weighted by atomic mass is 14.3. The van der Waals surface area contributed by atoms with E-state index in [4.69, 9.17) is 0 Å². The zero-order valence-electron chi connectivity index (χ0n) is 11.0. The normalized spacial score (nSPS) is 10.7. The molecule has 0 aromatic heterocycles. The van der Waals surface area contributed by atoms with Crippen LogP contribution in [-0.2, 0) is 6.42 Å². The zero-order chi connectivity index (χ0) is 13.2. The van der Waals surface area contributed by atoms with E-state index in [1.807, 2.05) is 12.1 Å². The SMILES string of the molecule is CCCc1ccc2cc3ccccc3cc2c1C#N. The van der Waals surface area contributed by atoms with Gasteiger partial charge in [0, 0.05) is 5.39 Å². The first-order valence-corrected chi connectivity index (χ1v) is 6.68. The summed E-state index contributed by atoms with van der Waals surface area (Å²) in [5, 5.41) is 14.1. The van der Waals surface area contributed by atoms with Crippen molar-refractivity contribution < 1.29 is 0 Å². The molecule has 1 heteroatoms. The van der Waals surface area contributed by atoms with Crippen LogP contribution in [0.4, 0.5) is 0 Å². The highest BCUT2D eigenvalue weighted by Crippen LogP contribution is 2.27. The van der Waals surface area contributed by atoms with Crippen LogP contribution >= 0.6 is 0 Å². The van der Waals surface area contributed by atoms with Gasteiger partial charge in [-0.05, 0) is 40.3 Å². The van der Waals surface area contributed by atoms with Crippen molar-refractivity contribution in [3.8, 4) is 6.07 Å². The number of fused-ring (bicyclic) bond motifs is 2. The van der Waals surface area contributed by atoms with Crippen molar-refractivity contribution in [3.05, 3.63) is 59.7 Å². The van der Waals surface area contributed by atoms with Gasteiger partial charge >= 0.3 is 0 Å². The maximum absolute atomic E-state index is 9.47. The fourth-order valence-corrected chi connectivity index (χ4v) is 2.67. The molecule has 0 spiro atoms. The summed E-state index contributed by atoms with van der Waals surface area (Å²) in [5.41, 5.74) is 2.00. The third kappa shape index (κ3) is 1.96. The molecule has 3 aromatic carbocycles. The molecule has 0 unspecified atom stereocenters. The highest BCUT2D eigenvalue weighted by Gasteiger charge is 2.07. The number of benzene rings is 3. The predicted octanol–water partition coefficient (Wildman–Crippen LogP) is 4.82. The van der Waals surface area contributed by atoms with Crippen LogP contribution in [0.25, 0.3) is 21.5 Å². The van der Waals surface area contributed by atoms with Gasteiger partial charge < -0.3 is 0 Å². The van der Waals surface area contributed by atoms with Gasteiger partial charge in [-0.1, -0.05) is 49.7 Å². The lowest BCUT2D eigenvalue weighted by Crippen LogP contribution is -1.91. The number of rotatable bonds is 2. The molecule has 0 amide bonds. The lowest BCUT2D eigenvalue weighted by Gasteiger charge is -2.08. The Kier molecular flexibility index (Phi) is 2.93. The predicted molar refractivity (Wildman–Crippen MR) is 80.2 cm³/mol. The fraction of sp³-hybridized carbons (Fsp3) is 0.167. The van der Waals surface area contributed by atoms with E-state index < -0.39 is 0 Å². The molecule has 0 aliphatic carbocycles. The Morgan fingerprint density at radius 3 is 2.37 bits per heavy atom. The Morgan fingerprint density at radius 2 is 1.68 bits per heavy atom. The standard InChI is InChI=1S/C18H15N/c1-2-5-13-8-9-16-10-14-6-3-4-7-15(14)11-17(16)18(13)12-19/h3-4,6-11H,2,5H2,1H3. The van der Waals surface area contributed by atoms with E-state index in [1.165, 1.54) is 10.8 Å². The van der Waals surface area contributed by atoms with Crippen molar-refractivity contribution in [1.82, 2.24) is 0 Å². The summed E-state index contributed by atoms with van der Waals surface area (Å²) >= 11 is 0. The van der Waals surface area contributed by atoms with Gasteiger partial charge in [0.2, 0.25) is 0 Å². The topological polar surface area (TPSA) is 23.8 Å². The van der Waals surface area contributed by atoms with Crippen molar-refractivity contribution >= 4 is 21.5 Å². The Labute approximate surface area is 113 Å². The van der Waals surface area contributed by atoms with Gasteiger partial charge in [-0.25, -0.2) is 0 Å². The van der Waals surface area contributed by atoms with Crippen LogP contribution in [0.15, 0.2) is 48.5 Å². The second kappa shape index (κ2) is 4.74. The molecule has 0 N–H and O–H groups in total. The number of aryl methyl sites for hydroxylation is 1. The number of hydrogen-bond donors (Lipinski definition) is 0. The van der Waals surface area contributed by atoms with E-state index >= 15 is 0 Å². The molecule has 3 rings (SSSR count). The second-order valence-electron chi connectivity index (χ2n) is 4.88. The van der Waals surface area contributed by atoms with Gasteiger partial charge in [0.25, 0.3) is 0 Å². The first kappa shape index (κ1) is 11.7. The molecule has 0 fully saturated rings. The van der Waals surface area contributed by atoms with E-state index in [0.29, 0.717) is 0 Å². The molecule has 0 aliphatic heterocycles. The molecule has 0 saturated carbocycles. The maximum atomic E-state index is 9.47. The Hall–Kier alpha value is -2.33. The summed E-state index contributed by atoms with van der Waals surface area (Å²) in [6.07, 6.45) is 2.03. The van der Waals surface area contributed by atoms with Crippen LogP contribution in [-0.4, -0.2) is 0 Å². The first-order valence-electron chi connectivity index (χ1n) is 6.68. The molecule has 0 aliphatic rings. The largest absolute Gasteiger partial charge is 0.192 e. The van der Waals surface area contributed by atoms with Crippen LogP contribution in [0.1, 0.15) is 24.5 Å². The molecule has 3 aromatic rings. The van der Waals surface area contributed by atoms with Crippen molar-refractivity contribution in [2.45, 2.75) is 19.8 Å². The monoisotopic (exact) mass is 245 g/mol. The third-order valence-corrected chi connectivity index (χ3v) is 3.60. The Bertz CT molecular complexity index is 794. The van der Waals surface area contributed by atoms with Gasteiger partial charge in [-0.2, -0.15) is 5.26 Å². The molecule has 1 nitrogen and oxygen atoms in total. The molecule has 0 radical (unpaired) electrons.